The number of ether oxygens (including phenoxy) is 2. The predicted octanol–water partition coefficient (Wildman–Crippen LogP) is 3.30. The number of amides is 1. The number of benzene rings is 1. The van der Waals surface area contributed by atoms with Gasteiger partial charge in [-0.2, -0.15) is 0 Å². The van der Waals surface area contributed by atoms with Gasteiger partial charge in [-0.25, -0.2) is 4.79 Å². The minimum atomic E-state index is -0.649. The Hall–Kier alpha value is -2.08. The average Bonchev–Trinajstić information content (AvgIpc) is 2.92. The Balaban J connectivity index is 2.35. The van der Waals surface area contributed by atoms with Gasteiger partial charge in [-0.3, -0.25) is 9.69 Å². The molecule has 26 heavy (non-hydrogen) atoms. The largest absolute Gasteiger partial charge is 0.466 e. The van der Waals surface area contributed by atoms with Crippen molar-refractivity contribution >= 4 is 12.1 Å². The summed E-state index contributed by atoms with van der Waals surface area (Å²) in [5, 5.41) is 9.89. The molecule has 6 heteroatoms. The summed E-state index contributed by atoms with van der Waals surface area (Å²) in [6.07, 6.45) is 0.137. The van der Waals surface area contributed by atoms with E-state index in [4.69, 9.17) is 9.47 Å². The summed E-state index contributed by atoms with van der Waals surface area (Å²) in [6, 6.07) is 8.85. The molecule has 0 spiro atoms. The fourth-order valence-electron chi connectivity index (χ4n) is 3.47. The molecule has 1 heterocycles. The molecular weight excluding hydrogens is 334 g/mol. The van der Waals surface area contributed by atoms with Crippen molar-refractivity contribution in [3.63, 3.8) is 0 Å². The number of hydrogen-bond donors (Lipinski definition) is 1. The summed E-state index contributed by atoms with van der Waals surface area (Å²) in [5.74, 6) is -0.513. The van der Waals surface area contributed by atoms with Crippen LogP contribution in [0.1, 0.15) is 52.1 Å². The summed E-state index contributed by atoms with van der Waals surface area (Å²) in [5.41, 5.74) is 0.271. The lowest BCUT2D eigenvalue weighted by molar-refractivity contribution is -0.144. The molecular formula is C20H29NO5. The van der Waals surface area contributed by atoms with E-state index in [2.05, 4.69) is 0 Å². The summed E-state index contributed by atoms with van der Waals surface area (Å²) in [6.45, 7) is 7.40. The summed E-state index contributed by atoms with van der Waals surface area (Å²) < 4.78 is 10.7. The van der Waals surface area contributed by atoms with Crippen LogP contribution in [0.5, 0.6) is 0 Å². The van der Waals surface area contributed by atoms with Gasteiger partial charge in [0.2, 0.25) is 0 Å². The summed E-state index contributed by atoms with van der Waals surface area (Å²) in [7, 11) is 0. The van der Waals surface area contributed by atoms with Crippen LogP contribution >= 0.6 is 0 Å². The van der Waals surface area contributed by atoms with Crippen LogP contribution in [0.2, 0.25) is 0 Å². The van der Waals surface area contributed by atoms with E-state index in [1.165, 1.54) is 0 Å². The van der Waals surface area contributed by atoms with E-state index in [0.717, 1.165) is 5.56 Å². The highest BCUT2D eigenvalue weighted by molar-refractivity contribution is 5.74. The highest BCUT2D eigenvalue weighted by atomic mass is 16.6. The number of hydrogen-bond acceptors (Lipinski definition) is 5. The molecule has 0 radical (unpaired) electrons. The predicted molar refractivity (Wildman–Crippen MR) is 97.5 cm³/mol. The maximum Gasteiger partial charge on any atom is 0.411 e. The lowest BCUT2D eigenvalue weighted by Crippen LogP contribution is -2.42. The highest BCUT2D eigenvalue weighted by Gasteiger charge is 2.46. The van der Waals surface area contributed by atoms with Gasteiger partial charge in [0.05, 0.1) is 19.1 Å². The first kappa shape index (κ1) is 20.2. The Bertz CT molecular complexity index is 610. The fourth-order valence-corrected chi connectivity index (χ4v) is 3.47. The third-order valence-corrected chi connectivity index (χ3v) is 4.40. The topological polar surface area (TPSA) is 76.1 Å². The van der Waals surface area contributed by atoms with Crippen molar-refractivity contribution in [3.8, 4) is 0 Å². The van der Waals surface area contributed by atoms with E-state index < -0.39 is 11.7 Å². The van der Waals surface area contributed by atoms with Gasteiger partial charge in [0.15, 0.2) is 0 Å². The van der Waals surface area contributed by atoms with Gasteiger partial charge in [-0.1, -0.05) is 30.3 Å². The normalized spacial score (nSPS) is 23.0. The van der Waals surface area contributed by atoms with E-state index in [9.17, 15) is 14.7 Å². The SMILES string of the molecule is CCOC(=O)C[C@@H]1C[C@H](CO)[C@@H](c2ccccc2)N1C(=O)OC(C)(C)C. The third-order valence-electron chi connectivity index (χ3n) is 4.40. The first-order chi connectivity index (χ1) is 12.3. The summed E-state index contributed by atoms with van der Waals surface area (Å²) >= 11 is 0. The average molecular weight is 363 g/mol. The van der Waals surface area contributed by atoms with Gasteiger partial charge in [0, 0.05) is 18.6 Å². The Morgan fingerprint density at radius 2 is 1.88 bits per heavy atom. The zero-order valence-corrected chi connectivity index (χ0v) is 16.0. The zero-order chi connectivity index (χ0) is 19.3. The smallest absolute Gasteiger partial charge is 0.411 e. The second-order valence-corrected chi connectivity index (χ2v) is 7.58. The van der Waals surface area contributed by atoms with E-state index in [-0.39, 0.29) is 37.0 Å². The fraction of sp³-hybridized carbons (Fsp3) is 0.600. The number of carbonyl (C=O) groups excluding carboxylic acids is 2. The van der Waals surface area contributed by atoms with Crippen LogP contribution in [-0.4, -0.2) is 46.9 Å². The van der Waals surface area contributed by atoms with Crippen molar-refractivity contribution in [1.29, 1.82) is 0 Å². The molecule has 2 rings (SSSR count). The van der Waals surface area contributed by atoms with Crippen molar-refractivity contribution < 1.29 is 24.2 Å². The van der Waals surface area contributed by atoms with Crippen LogP contribution in [0.4, 0.5) is 4.79 Å². The number of esters is 1. The lowest BCUT2D eigenvalue weighted by atomic mass is 9.93. The first-order valence-corrected chi connectivity index (χ1v) is 9.09. The van der Waals surface area contributed by atoms with Gasteiger partial charge in [-0.15, -0.1) is 0 Å². The van der Waals surface area contributed by atoms with Crippen LogP contribution < -0.4 is 0 Å². The second kappa shape index (κ2) is 8.54. The molecule has 0 bridgehead atoms. The van der Waals surface area contributed by atoms with E-state index in [0.29, 0.717) is 13.0 Å². The first-order valence-electron chi connectivity index (χ1n) is 9.09. The molecule has 1 aliphatic heterocycles. The number of aliphatic hydroxyl groups excluding tert-OH is 1. The quantitative estimate of drug-likeness (QED) is 0.813. The molecule has 0 aromatic heterocycles. The Kier molecular flexibility index (Phi) is 6.64. The molecule has 1 aliphatic rings. The van der Waals surface area contributed by atoms with Gasteiger partial charge in [0.25, 0.3) is 0 Å². The summed E-state index contributed by atoms with van der Waals surface area (Å²) in [4.78, 5) is 26.6. The Labute approximate surface area is 155 Å². The van der Waals surface area contributed by atoms with Gasteiger partial charge in [-0.05, 0) is 39.7 Å². The molecule has 0 unspecified atom stereocenters. The van der Waals surface area contributed by atoms with E-state index >= 15 is 0 Å². The second-order valence-electron chi connectivity index (χ2n) is 7.58. The molecule has 0 aliphatic carbocycles. The maximum absolute atomic E-state index is 12.9. The molecule has 6 nitrogen and oxygen atoms in total. The zero-order valence-electron chi connectivity index (χ0n) is 16.0. The number of likely N-dealkylation sites (tertiary alicyclic amines) is 1. The van der Waals surface area contributed by atoms with Crippen molar-refractivity contribution in [2.45, 2.75) is 58.2 Å². The molecule has 1 aromatic carbocycles. The highest BCUT2D eigenvalue weighted by Crippen LogP contribution is 2.42. The van der Waals surface area contributed by atoms with Crippen LogP contribution in [0.25, 0.3) is 0 Å². The number of nitrogens with zero attached hydrogens (tertiary/aromatic N) is 1. The van der Waals surface area contributed by atoms with E-state index in [1.54, 1.807) is 11.8 Å². The van der Waals surface area contributed by atoms with Crippen LogP contribution in [0.3, 0.4) is 0 Å². The van der Waals surface area contributed by atoms with Crippen molar-refractivity contribution in [2.24, 2.45) is 5.92 Å². The number of carbonyl (C=O) groups is 2. The van der Waals surface area contributed by atoms with Gasteiger partial charge >= 0.3 is 12.1 Å². The Morgan fingerprint density at radius 1 is 1.23 bits per heavy atom. The minimum absolute atomic E-state index is 0.0712. The van der Waals surface area contributed by atoms with Crippen molar-refractivity contribution in [2.75, 3.05) is 13.2 Å². The molecule has 1 aromatic rings. The molecule has 0 saturated carbocycles. The van der Waals surface area contributed by atoms with Crippen LogP contribution in [-0.2, 0) is 14.3 Å². The number of rotatable bonds is 5. The monoisotopic (exact) mass is 363 g/mol. The molecule has 3 atom stereocenters. The van der Waals surface area contributed by atoms with Crippen molar-refractivity contribution in [1.82, 2.24) is 4.90 Å². The number of aliphatic hydroxyl groups is 1. The van der Waals surface area contributed by atoms with E-state index in [1.807, 2.05) is 51.1 Å². The minimum Gasteiger partial charge on any atom is -0.466 e. The molecule has 1 saturated heterocycles. The molecule has 1 N–H and O–H groups in total. The van der Waals surface area contributed by atoms with Gasteiger partial charge in [0.1, 0.15) is 5.60 Å². The Morgan fingerprint density at radius 3 is 2.42 bits per heavy atom. The third kappa shape index (κ3) is 4.97. The van der Waals surface area contributed by atoms with Crippen LogP contribution in [0.15, 0.2) is 30.3 Å². The van der Waals surface area contributed by atoms with Crippen molar-refractivity contribution in [3.05, 3.63) is 35.9 Å². The molecule has 1 fully saturated rings. The maximum atomic E-state index is 12.9. The molecule has 1 amide bonds. The lowest BCUT2D eigenvalue weighted by Gasteiger charge is -2.33. The van der Waals surface area contributed by atoms with Gasteiger partial charge < -0.3 is 14.6 Å². The van der Waals surface area contributed by atoms with Crippen LogP contribution in [0, 0.1) is 5.92 Å². The standard InChI is InChI=1S/C20H29NO5/c1-5-25-17(23)12-16-11-15(13-22)18(14-9-7-6-8-10-14)21(16)19(24)26-20(2,3)4/h6-10,15-16,18,22H,5,11-13H2,1-4H3/t15-,16+,18-/m1/s1. The molecule has 144 valence electrons.